The molecule has 0 fully saturated rings. The Morgan fingerprint density at radius 2 is 2.15 bits per heavy atom. The zero-order valence-corrected chi connectivity index (χ0v) is 9.57. The third-order valence-corrected chi connectivity index (χ3v) is 3.30. The Labute approximate surface area is 84.7 Å². The van der Waals surface area contributed by atoms with Crippen molar-refractivity contribution in [2.75, 3.05) is 0 Å². The van der Waals surface area contributed by atoms with Gasteiger partial charge in [0.2, 0.25) is 0 Å². The van der Waals surface area contributed by atoms with Crippen LogP contribution in [0.3, 0.4) is 0 Å². The van der Waals surface area contributed by atoms with E-state index in [0.29, 0.717) is 6.42 Å². The average Bonchev–Trinajstić information content (AvgIpc) is 2.03. The smallest absolute Gasteiger partial charge is 0.137 e. The van der Waals surface area contributed by atoms with Gasteiger partial charge in [0.15, 0.2) is 0 Å². The van der Waals surface area contributed by atoms with Gasteiger partial charge in [0, 0.05) is 17.1 Å². The molecule has 0 rings (SSSR count). The summed E-state index contributed by atoms with van der Waals surface area (Å²) in [6, 6.07) is 0. The van der Waals surface area contributed by atoms with Crippen LogP contribution >= 0.6 is 11.8 Å². The van der Waals surface area contributed by atoms with E-state index < -0.39 is 0 Å². The number of rotatable bonds is 5. The van der Waals surface area contributed by atoms with Crippen LogP contribution in [0, 0.1) is 16.6 Å². The molecule has 1 unspecified atom stereocenters. The Bertz CT molecular complexity index is 217. The maximum atomic E-state index is 11.5. The first-order chi connectivity index (χ1) is 5.95. The number of carbonyl (C=O) groups excluding carboxylic acids is 1. The first-order valence-corrected chi connectivity index (χ1v) is 5.37. The summed E-state index contributed by atoms with van der Waals surface area (Å²) in [6.45, 7) is 7.79. The van der Waals surface area contributed by atoms with E-state index in [1.807, 2.05) is 27.7 Å². The van der Waals surface area contributed by atoms with Gasteiger partial charge in [-0.3, -0.25) is 4.79 Å². The molecule has 13 heavy (non-hydrogen) atoms. The van der Waals surface area contributed by atoms with Gasteiger partial charge in [-0.1, -0.05) is 13.8 Å². The van der Waals surface area contributed by atoms with E-state index in [1.54, 1.807) is 0 Å². The molecule has 0 amide bonds. The van der Waals surface area contributed by atoms with Crippen LogP contribution < -0.4 is 0 Å². The van der Waals surface area contributed by atoms with Crippen molar-refractivity contribution in [1.82, 2.24) is 0 Å². The zero-order valence-electron chi connectivity index (χ0n) is 8.76. The van der Waals surface area contributed by atoms with Crippen molar-refractivity contribution in [1.29, 1.82) is 5.26 Å². The highest BCUT2D eigenvalue weighted by molar-refractivity contribution is 8.05. The molecule has 0 spiro atoms. The fraction of sp³-hybridized carbons (Fsp3) is 0.800. The largest absolute Gasteiger partial charge is 0.299 e. The fourth-order valence-electron chi connectivity index (χ4n) is 1.06. The van der Waals surface area contributed by atoms with Crippen LogP contribution in [0.1, 0.15) is 40.5 Å². The molecule has 0 heterocycles. The molecule has 0 saturated heterocycles. The summed E-state index contributed by atoms with van der Waals surface area (Å²) in [5, 5.41) is 10.6. The molecule has 0 aliphatic carbocycles. The van der Waals surface area contributed by atoms with Gasteiger partial charge in [-0.25, -0.2) is 0 Å². The molecule has 0 aromatic heterocycles. The van der Waals surface area contributed by atoms with Crippen LogP contribution in [-0.4, -0.2) is 10.5 Å². The molecule has 0 N–H and O–H groups in total. The average molecular weight is 199 g/mol. The normalized spacial score (nSPS) is 13.5. The number of nitriles is 1. The Morgan fingerprint density at radius 1 is 1.62 bits per heavy atom. The molecule has 0 bridgehead atoms. The van der Waals surface area contributed by atoms with Gasteiger partial charge in [0.1, 0.15) is 11.2 Å². The molecule has 0 aliphatic heterocycles. The highest BCUT2D eigenvalue weighted by Crippen LogP contribution is 2.32. The molecule has 3 heteroatoms. The van der Waals surface area contributed by atoms with E-state index in [1.165, 1.54) is 11.8 Å². The van der Waals surface area contributed by atoms with Crippen LogP contribution in [0.25, 0.3) is 0 Å². The van der Waals surface area contributed by atoms with Gasteiger partial charge < -0.3 is 0 Å². The molecule has 0 aromatic rings. The third kappa shape index (κ3) is 3.82. The minimum atomic E-state index is -0.263. The highest BCUT2D eigenvalue weighted by atomic mass is 32.2. The molecule has 2 nitrogen and oxygen atoms in total. The summed E-state index contributed by atoms with van der Waals surface area (Å²) >= 11 is 1.18. The van der Waals surface area contributed by atoms with Crippen LogP contribution in [-0.2, 0) is 4.79 Å². The van der Waals surface area contributed by atoms with Crippen molar-refractivity contribution in [2.45, 2.75) is 45.3 Å². The van der Waals surface area contributed by atoms with Gasteiger partial charge >= 0.3 is 0 Å². The van der Waals surface area contributed by atoms with Gasteiger partial charge in [0.05, 0.1) is 0 Å². The summed E-state index contributed by atoms with van der Waals surface area (Å²) in [6.07, 6.45) is 1.51. The van der Waals surface area contributed by atoms with Crippen LogP contribution in [0.2, 0.25) is 0 Å². The number of hydrogen-bond acceptors (Lipinski definition) is 3. The van der Waals surface area contributed by atoms with E-state index in [9.17, 15) is 4.79 Å². The number of nitrogens with zero attached hydrogens (tertiary/aromatic N) is 1. The van der Waals surface area contributed by atoms with E-state index in [-0.39, 0.29) is 16.4 Å². The minimum Gasteiger partial charge on any atom is -0.299 e. The number of Topliss-reactive ketones (excluding diaryl/α,β-unsaturated/α-hetero) is 1. The third-order valence-electron chi connectivity index (χ3n) is 2.33. The van der Waals surface area contributed by atoms with Crippen molar-refractivity contribution >= 4 is 17.5 Å². The van der Waals surface area contributed by atoms with Crippen molar-refractivity contribution in [3.63, 3.8) is 0 Å². The number of thioether (sulfide) groups is 1. The molecule has 0 aromatic carbocycles. The van der Waals surface area contributed by atoms with Crippen LogP contribution in [0.5, 0.6) is 0 Å². The SMILES string of the molecule is CCCC(=O)C(C)C(C)(C)SC#N. The van der Waals surface area contributed by atoms with Crippen LogP contribution in [0.15, 0.2) is 0 Å². The molecular weight excluding hydrogens is 182 g/mol. The van der Waals surface area contributed by atoms with Gasteiger partial charge in [0.25, 0.3) is 0 Å². The lowest BCUT2D eigenvalue weighted by Gasteiger charge is -2.26. The summed E-state index contributed by atoms with van der Waals surface area (Å²) in [5.74, 6) is 0.215. The zero-order chi connectivity index (χ0) is 10.5. The summed E-state index contributed by atoms with van der Waals surface area (Å²) in [4.78, 5) is 11.5. The Balaban J connectivity index is 4.31. The predicted molar refractivity (Wildman–Crippen MR) is 56.4 cm³/mol. The van der Waals surface area contributed by atoms with Crippen LogP contribution in [0.4, 0.5) is 0 Å². The van der Waals surface area contributed by atoms with Crippen molar-refractivity contribution in [3.8, 4) is 5.40 Å². The maximum absolute atomic E-state index is 11.5. The molecule has 0 aliphatic rings. The number of thiocyanates is 1. The first-order valence-electron chi connectivity index (χ1n) is 4.55. The molecule has 74 valence electrons. The summed E-state index contributed by atoms with van der Waals surface area (Å²) in [5.41, 5.74) is 0. The second kappa shape index (κ2) is 5.29. The molecule has 0 radical (unpaired) electrons. The second-order valence-electron chi connectivity index (χ2n) is 3.73. The molecule has 0 saturated carbocycles. The maximum Gasteiger partial charge on any atom is 0.137 e. The van der Waals surface area contributed by atoms with Crippen molar-refractivity contribution in [3.05, 3.63) is 0 Å². The Kier molecular flexibility index (Phi) is 5.09. The van der Waals surface area contributed by atoms with E-state index in [0.717, 1.165) is 6.42 Å². The minimum absolute atomic E-state index is 0.0444. The quantitative estimate of drug-likeness (QED) is 0.639. The number of ketones is 1. The Hall–Kier alpha value is -0.490. The van der Waals surface area contributed by atoms with Gasteiger partial charge in [-0.2, -0.15) is 5.26 Å². The lowest BCUT2D eigenvalue weighted by molar-refractivity contribution is -0.123. The van der Waals surface area contributed by atoms with E-state index >= 15 is 0 Å². The number of hydrogen-bond donors (Lipinski definition) is 0. The first kappa shape index (κ1) is 12.5. The Morgan fingerprint density at radius 3 is 2.54 bits per heavy atom. The second-order valence-corrected chi connectivity index (χ2v) is 5.17. The summed E-state index contributed by atoms with van der Waals surface area (Å²) < 4.78 is -0.263. The van der Waals surface area contributed by atoms with Gasteiger partial charge in [-0.15, -0.1) is 0 Å². The summed E-state index contributed by atoms with van der Waals surface area (Å²) in [7, 11) is 0. The van der Waals surface area contributed by atoms with E-state index in [4.69, 9.17) is 5.26 Å². The van der Waals surface area contributed by atoms with Crippen molar-refractivity contribution < 1.29 is 4.79 Å². The molecule has 1 atom stereocenters. The van der Waals surface area contributed by atoms with E-state index in [2.05, 4.69) is 5.40 Å². The number of carbonyl (C=O) groups is 1. The monoisotopic (exact) mass is 199 g/mol. The van der Waals surface area contributed by atoms with Crippen molar-refractivity contribution in [2.24, 2.45) is 5.92 Å². The lowest BCUT2D eigenvalue weighted by Crippen LogP contribution is -2.31. The lowest BCUT2D eigenvalue weighted by atomic mass is 9.90. The topological polar surface area (TPSA) is 40.9 Å². The highest BCUT2D eigenvalue weighted by Gasteiger charge is 2.31. The fourth-order valence-corrected chi connectivity index (χ4v) is 1.60. The molecular formula is C10H17NOS. The predicted octanol–water partition coefficient (Wildman–Crippen LogP) is 2.98. The van der Waals surface area contributed by atoms with Gasteiger partial charge in [-0.05, 0) is 32.0 Å². The standard InChI is InChI=1S/C10H17NOS/c1-5-6-9(12)8(2)10(3,4)13-7-11/h8H,5-6H2,1-4H3.